The number of aryl methyl sites for hydroxylation is 1. The zero-order valence-electron chi connectivity index (χ0n) is 11.2. The second-order valence-electron chi connectivity index (χ2n) is 4.69. The average molecular weight is 284 g/mol. The van der Waals surface area contributed by atoms with Gasteiger partial charge in [0, 0.05) is 18.8 Å². The third-order valence-electron chi connectivity index (χ3n) is 3.26. The molecule has 0 bridgehead atoms. The first-order chi connectivity index (χ1) is 9.74. The van der Waals surface area contributed by atoms with E-state index in [4.69, 9.17) is 5.73 Å². The van der Waals surface area contributed by atoms with Crippen LogP contribution in [0, 0.1) is 0 Å². The maximum atomic E-state index is 6.27. The van der Waals surface area contributed by atoms with Gasteiger partial charge in [-0.15, -0.1) is 0 Å². The zero-order valence-corrected chi connectivity index (χ0v) is 12.0. The van der Waals surface area contributed by atoms with E-state index in [1.54, 1.807) is 22.8 Å². The van der Waals surface area contributed by atoms with Crippen molar-refractivity contribution in [3.8, 4) is 0 Å². The van der Waals surface area contributed by atoms with Gasteiger partial charge in [-0.25, -0.2) is 9.67 Å². The first-order valence-corrected chi connectivity index (χ1v) is 7.43. The fourth-order valence-corrected chi connectivity index (χ4v) is 2.99. The van der Waals surface area contributed by atoms with Gasteiger partial charge in [0.1, 0.15) is 6.33 Å². The number of thioether (sulfide) groups is 1. The number of hydrogen-bond acceptors (Lipinski definition) is 4. The predicted molar refractivity (Wildman–Crippen MR) is 82.6 cm³/mol. The standard InChI is InChI=1S/C15H16N4S/c1-19-15(17-10-18-19)20-9-14(16)13-7-6-11-4-2-3-5-12(11)8-13/h2-8,10,14H,9,16H2,1H3. The highest BCUT2D eigenvalue weighted by atomic mass is 32.2. The smallest absolute Gasteiger partial charge is 0.185 e. The molecule has 2 aromatic carbocycles. The van der Waals surface area contributed by atoms with Crippen molar-refractivity contribution in [2.45, 2.75) is 11.2 Å². The van der Waals surface area contributed by atoms with Crippen molar-refractivity contribution in [3.05, 3.63) is 54.4 Å². The normalized spacial score (nSPS) is 12.7. The number of nitrogens with two attached hydrogens (primary N) is 1. The van der Waals surface area contributed by atoms with Crippen molar-refractivity contribution >= 4 is 22.5 Å². The highest BCUT2D eigenvalue weighted by Crippen LogP contribution is 2.24. The number of benzene rings is 2. The van der Waals surface area contributed by atoms with E-state index in [1.165, 1.54) is 10.8 Å². The van der Waals surface area contributed by atoms with Gasteiger partial charge in [-0.2, -0.15) is 5.10 Å². The fourth-order valence-electron chi connectivity index (χ4n) is 2.12. The lowest BCUT2D eigenvalue weighted by Gasteiger charge is -2.12. The number of rotatable bonds is 4. The Hall–Kier alpha value is -1.85. The Labute approximate surface area is 122 Å². The largest absolute Gasteiger partial charge is 0.323 e. The molecule has 0 radical (unpaired) electrons. The molecule has 4 nitrogen and oxygen atoms in total. The van der Waals surface area contributed by atoms with Crippen LogP contribution in [-0.2, 0) is 7.05 Å². The maximum Gasteiger partial charge on any atom is 0.185 e. The minimum atomic E-state index is -0.0127. The molecule has 0 saturated carbocycles. The average Bonchev–Trinajstić information content (AvgIpc) is 2.89. The lowest BCUT2D eigenvalue weighted by atomic mass is 10.0. The van der Waals surface area contributed by atoms with Crippen LogP contribution < -0.4 is 5.73 Å². The Morgan fingerprint density at radius 2 is 2.00 bits per heavy atom. The van der Waals surface area contributed by atoms with E-state index in [0.717, 1.165) is 16.5 Å². The third kappa shape index (κ3) is 2.69. The highest BCUT2D eigenvalue weighted by molar-refractivity contribution is 7.99. The van der Waals surface area contributed by atoms with E-state index >= 15 is 0 Å². The summed E-state index contributed by atoms with van der Waals surface area (Å²) in [6.07, 6.45) is 1.56. The fraction of sp³-hybridized carbons (Fsp3) is 0.200. The molecule has 3 rings (SSSR count). The van der Waals surface area contributed by atoms with E-state index in [-0.39, 0.29) is 6.04 Å². The van der Waals surface area contributed by atoms with E-state index in [1.807, 2.05) is 19.2 Å². The molecule has 0 amide bonds. The van der Waals surface area contributed by atoms with E-state index in [2.05, 4.69) is 40.4 Å². The topological polar surface area (TPSA) is 56.7 Å². The van der Waals surface area contributed by atoms with Gasteiger partial charge in [-0.3, -0.25) is 0 Å². The molecule has 1 atom stereocenters. The Kier molecular flexibility index (Phi) is 3.71. The first-order valence-electron chi connectivity index (χ1n) is 6.45. The van der Waals surface area contributed by atoms with Crippen LogP contribution in [0.25, 0.3) is 10.8 Å². The van der Waals surface area contributed by atoms with Gasteiger partial charge in [0.05, 0.1) is 0 Å². The van der Waals surface area contributed by atoms with E-state index in [0.29, 0.717) is 0 Å². The molecule has 0 aliphatic carbocycles. The van der Waals surface area contributed by atoms with Gasteiger partial charge in [0.15, 0.2) is 5.16 Å². The summed E-state index contributed by atoms with van der Waals surface area (Å²) in [5.74, 6) is 0.783. The van der Waals surface area contributed by atoms with Gasteiger partial charge in [0.25, 0.3) is 0 Å². The quantitative estimate of drug-likeness (QED) is 0.748. The van der Waals surface area contributed by atoms with Gasteiger partial charge in [0.2, 0.25) is 0 Å². The summed E-state index contributed by atoms with van der Waals surface area (Å²) < 4.78 is 1.76. The summed E-state index contributed by atoms with van der Waals surface area (Å²) in [5, 5.41) is 7.41. The van der Waals surface area contributed by atoms with E-state index in [9.17, 15) is 0 Å². The molecule has 20 heavy (non-hydrogen) atoms. The summed E-state index contributed by atoms with van der Waals surface area (Å²) in [6.45, 7) is 0. The van der Waals surface area contributed by atoms with Crippen LogP contribution in [0.5, 0.6) is 0 Å². The Morgan fingerprint density at radius 3 is 2.75 bits per heavy atom. The molecule has 2 N–H and O–H groups in total. The zero-order chi connectivity index (χ0) is 13.9. The molecular weight excluding hydrogens is 268 g/mol. The van der Waals surface area contributed by atoms with Crippen LogP contribution in [-0.4, -0.2) is 20.5 Å². The van der Waals surface area contributed by atoms with Gasteiger partial charge in [-0.1, -0.05) is 48.2 Å². The first kappa shape index (κ1) is 13.1. The van der Waals surface area contributed by atoms with Crippen molar-refractivity contribution < 1.29 is 0 Å². The predicted octanol–water partition coefficient (Wildman–Crippen LogP) is 2.76. The van der Waals surface area contributed by atoms with Crippen LogP contribution in [0.15, 0.2) is 53.9 Å². The molecule has 1 aromatic heterocycles. The van der Waals surface area contributed by atoms with Crippen molar-refractivity contribution in [3.63, 3.8) is 0 Å². The monoisotopic (exact) mass is 284 g/mol. The number of nitrogens with zero attached hydrogens (tertiary/aromatic N) is 3. The third-order valence-corrected chi connectivity index (χ3v) is 4.42. The molecule has 102 valence electrons. The molecule has 0 aliphatic rings. The van der Waals surface area contributed by atoms with Crippen molar-refractivity contribution in [1.29, 1.82) is 0 Å². The molecule has 5 heteroatoms. The number of hydrogen-bond donors (Lipinski definition) is 1. The van der Waals surface area contributed by atoms with Gasteiger partial charge in [-0.05, 0) is 22.4 Å². The van der Waals surface area contributed by atoms with Crippen LogP contribution in [0.3, 0.4) is 0 Å². The van der Waals surface area contributed by atoms with Gasteiger partial charge >= 0.3 is 0 Å². The highest BCUT2D eigenvalue weighted by Gasteiger charge is 2.09. The molecule has 0 fully saturated rings. The van der Waals surface area contributed by atoms with Crippen molar-refractivity contribution in [2.75, 3.05) is 5.75 Å². The second-order valence-corrected chi connectivity index (χ2v) is 5.68. The van der Waals surface area contributed by atoms with Crippen LogP contribution in [0.4, 0.5) is 0 Å². The van der Waals surface area contributed by atoms with Crippen molar-refractivity contribution in [2.24, 2.45) is 12.8 Å². The summed E-state index contributed by atoms with van der Waals surface area (Å²) in [6, 6.07) is 14.7. The molecule has 1 unspecified atom stereocenters. The second kappa shape index (κ2) is 5.64. The number of fused-ring (bicyclic) bond motifs is 1. The minimum absolute atomic E-state index is 0.0127. The molecule has 0 spiro atoms. The molecule has 0 aliphatic heterocycles. The summed E-state index contributed by atoms with van der Waals surface area (Å²) in [4.78, 5) is 4.19. The lowest BCUT2D eigenvalue weighted by Crippen LogP contribution is -2.13. The Morgan fingerprint density at radius 1 is 1.20 bits per heavy atom. The summed E-state index contributed by atoms with van der Waals surface area (Å²) >= 11 is 1.63. The minimum Gasteiger partial charge on any atom is -0.323 e. The molecule has 1 heterocycles. The van der Waals surface area contributed by atoms with Crippen molar-refractivity contribution in [1.82, 2.24) is 14.8 Å². The Balaban J connectivity index is 1.75. The van der Waals surface area contributed by atoms with E-state index < -0.39 is 0 Å². The van der Waals surface area contributed by atoms with Crippen LogP contribution in [0.2, 0.25) is 0 Å². The van der Waals surface area contributed by atoms with Crippen LogP contribution in [0.1, 0.15) is 11.6 Å². The molecule has 0 saturated heterocycles. The lowest BCUT2D eigenvalue weighted by molar-refractivity contribution is 0.683. The summed E-state index contributed by atoms with van der Waals surface area (Å²) in [5.41, 5.74) is 7.43. The summed E-state index contributed by atoms with van der Waals surface area (Å²) in [7, 11) is 1.89. The number of aromatic nitrogens is 3. The molecular formula is C15H16N4S. The van der Waals surface area contributed by atoms with Crippen LogP contribution >= 0.6 is 11.8 Å². The maximum absolute atomic E-state index is 6.27. The molecule has 3 aromatic rings. The Bertz CT molecular complexity index is 722. The SMILES string of the molecule is Cn1ncnc1SCC(N)c1ccc2ccccc2c1. The van der Waals surface area contributed by atoms with Gasteiger partial charge < -0.3 is 5.73 Å².